The Morgan fingerprint density at radius 2 is 1.93 bits per heavy atom. The zero-order valence-electron chi connectivity index (χ0n) is 10.7. The van der Waals surface area contributed by atoms with E-state index in [-0.39, 0.29) is 11.4 Å². The Morgan fingerprint density at radius 3 is 2.40 bits per heavy atom. The van der Waals surface area contributed by atoms with Gasteiger partial charge in [-0.1, -0.05) is 0 Å². The van der Waals surface area contributed by atoms with Gasteiger partial charge in [-0.25, -0.2) is 0 Å². The zero-order valence-corrected chi connectivity index (χ0v) is 10.7. The average molecular weight is 215 g/mol. The van der Waals surface area contributed by atoms with E-state index >= 15 is 0 Å². The lowest BCUT2D eigenvalue weighted by atomic mass is 10.0. The van der Waals surface area contributed by atoms with E-state index < -0.39 is 0 Å². The van der Waals surface area contributed by atoms with Gasteiger partial charge in [-0.3, -0.25) is 4.79 Å². The van der Waals surface area contributed by atoms with Crippen LogP contribution in [-0.2, 0) is 4.79 Å². The predicted octanol–water partition coefficient (Wildman–Crippen LogP) is 0.442. The van der Waals surface area contributed by atoms with E-state index in [4.69, 9.17) is 0 Å². The number of carbonyl (C=O) groups is 1. The highest BCUT2D eigenvalue weighted by molar-refractivity contribution is 5.75. The number of hydrogen-bond acceptors (Lipinski definition) is 3. The Bertz CT molecular complexity index is 190. The lowest BCUT2D eigenvalue weighted by molar-refractivity contribution is -0.121. The average Bonchev–Trinajstić information content (AvgIpc) is 2.15. The highest BCUT2D eigenvalue weighted by Gasteiger charge is 2.20. The predicted molar refractivity (Wildman–Crippen MR) is 63.9 cm³/mol. The Balaban J connectivity index is 3.71. The van der Waals surface area contributed by atoms with Crippen LogP contribution >= 0.6 is 0 Å². The van der Waals surface area contributed by atoms with Crippen LogP contribution in [0.3, 0.4) is 0 Å². The quantitative estimate of drug-likeness (QED) is 0.606. The van der Waals surface area contributed by atoms with Crippen molar-refractivity contribution in [3.63, 3.8) is 0 Å². The van der Waals surface area contributed by atoms with Crippen molar-refractivity contribution in [2.75, 3.05) is 34.2 Å². The molecule has 0 aliphatic rings. The Labute approximate surface area is 93.4 Å². The van der Waals surface area contributed by atoms with Gasteiger partial charge in [0.25, 0.3) is 0 Å². The fourth-order valence-electron chi connectivity index (χ4n) is 0.987. The Morgan fingerprint density at radius 1 is 1.33 bits per heavy atom. The molecule has 0 heterocycles. The third kappa shape index (κ3) is 6.47. The van der Waals surface area contributed by atoms with Gasteiger partial charge in [0, 0.05) is 18.5 Å². The van der Waals surface area contributed by atoms with Gasteiger partial charge in [0.1, 0.15) is 0 Å². The van der Waals surface area contributed by atoms with Gasteiger partial charge in [-0.05, 0) is 48.0 Å². The summed E-state index contributed by atoms with van der Waals surface area (Å²) in [5, 5.41) is 5.98. The standard InChI is InChI=1S/C11H25N3O/c1-11(2,14(4)5)9-13-10(15)7-6-8-12-3/h12H,6-9H2,1-5H3,(H,13,15). The first-order valence-corrected chi connectivity index (χ1v) is 5.49. The molecule has 0 aliphatic heterocycles. The smallest absolute Gasteiger partial charge is 0.220 e. The minimum absolute atomic E-state index is 0.0126. The third-order valence-electron chi connectivity index (χ3n) is 2.76. The summed E-state index contributed by atoms with van der Waals surface area (Å²) in [7, 11) is 5.94. The van der Waals surface area contributed by atoms with Gasteiger partial charge in [0.05, 0.1) is 0 Å². The molecule has 0 aromatic carbocycles. The molecule has 0 saturated heterocycles. The van der Waals surface area contributed by atoms with Crippen LogP contribution in [-0.4, -0.2) is 50.6 Å². The monoisotopic (exact) mass is 215 g/mol. The van der Waals surface area contributed by atoms with Crippen LogP contribution in [0.5, 0.6) is 0 Å². The molecule has 4 heteroatoms. The van der Waals surface area contributed by atoms with E-state index in [1.807, 2.05) is 21.1 Å². The molecule has 0 aliphatic carbocycles. The molecule has 0 saturated carbocycles. The molecule has 0 bridgehead atoms. The minimum Gasteiger partial charge on any atom is -0.354 e. The van der Waals surface area contributed by atoms with Crippen LogP contribution in [0.25, 0.3) is 0 Å². The molecule has 90 valence electrons. The van der Waals surface area contributed by atoms with Crippen molar-refractivity contribution < 1.29 is 4.79 Å². The second-order valence-corrected chi connectivity index (χ2v) is 4.69. The molecule has 4 nitrogen and oxygen atoms in total. The molecular weight excluding hydrogens is 190 g/mol. The third-order valence-corrected chi connectivity index (χ3v) is 2.76. The molecule has 0 radical (unpaired) electrons. The van der Waals surface area contributed by atoms with E-state index in [9.17, 15) is 4.79 Å². The van der Waals surface area contributed by atoms with Gasteiger partial charge in [-0.15, -0.1) is 0 Å². The molecule has 1 amide bonds. The van der Waals surface area contributed by atoms with Crippen LogP contribution in [0, 0.1) is 0 Å². The van der Waals surface area contributed by atoms with Gasteiger partial charge in [0.15, 0.2) is 0 Å². The highest BCUT2D eigenvalue weighted by atomic mass is 16.1. The van der Waals surface area contributed by atoms with Crippen LogP contribution in [0.15, 0.2) is 0 Å². The molecule has 0 unspecified atom stereocenters. The molecule has 2 N–H and O–H groups in total. The van der Waals surface area contributed by atoms with Gasteiger partial charge < -0.3 is 15.5 Å². The van der Waals surface area contributed by atoms with Crippen LogP contribution in [0.4, 0.5) is 0 Å². The van der Waals surface area contributed by atoms with Crippen molar-refractivity contribution in [2.45, 2.75) is 32.2 Å². The summed E-state index contributed by atoms with van der Waals surface area (Å²) in [5.74, 6) is 0.139. The van der Waals surface area contributed by atoms with E-state index in [0.717, 1.165) is 13.0 Å². The van der Waals surface area contributed by atoms with Crippen LogP contribution in [0.1, 0.15) is 26.7 Å². The van der Waals surface area contributed by atoms with E-state index in [1.54, 1.807) is 0 Å². The first kappa shape index (κ1) is 14.4. The fourth-order valence-corrected chi connectivity index (χ4v) is 0.987. The molecule has 0 aromatic heterocycles. The first-order chi connectivity index (χ1) is 6.90. The van der Waals surface area contributed by atoms with Gasteiger partial charge in [-0.2, -0.15) is 0 Å². The van der Waals surface area contributed by atoms with Crippen LogP contribution < -0.4 is 10.6 Å². The Kier molecular flexibility index (Phi) is 6.52. The van der Waals surface area contributed by atoms with E-state index in [0.29, 0.717) is 13.0 Å². The van der Waals surface area contributed by atoms with Crippen molar-refractivity contribution in [1.29, 1.82) is 0 Å². The summed E-state index contributed by atoms with van der Waals surface area (Å²) in [6, 6.07) is 0. The summed E-state index contributed by atoms with van der Waals surface area (Å²) in [6.07, 6.45) is 1.50. The number of nitrogens with one attached hydrogen (secondary N) is 2. The maximum absolute atomic E-state index is 11.4. The summed E-state index contributed by atoms with van der Waals surface area (Å²) >= 11 is 0. The number of carbonyl (C=O) groups excluding carboxylic acids is 1. The molecular formula is C11H25N3O. The molecule has 0 rings (SSSR count). The van der Waals surface area contributed by atoms with E-state index in [1.165, 1.54) is 0 Å². The maximum atomic E-state index is 11.4. The molecule has 0 aromatic rings. The van der Waals surface area contributed by atoms with Crippen molar-refractivity contribution >= 4 is 5.91 Å². The Hall–Kier alpha value is -0.610. The summed E-state index contributed by atoms with van der Waals surface area (Å²) < 4.78 is 0. The maximum Gasteiger partial charge on any atom is 0.220 e. The van der Waals surface area contributed by atoms with Crippen molar-refractivity contribution in [3.05, 3.63) is 0 Å². The number of nitrogens with zero attached hydrogens (tertiary/aromatic N) is 1. The zero-order chi connectivity index (χ0) is 11.9. The second-order valence-electron chi connectivity index (χ2n) is 4.69. The summed E-state index contributed by atoms with van der Waals surface area (Å²) in [6.45, 7) is 5.81. The van der Waals surface area contributed by atoms with Crippen molar-refractivity contribution in [3.8, 4) is 0 Å². The highest BCUT2D eigenvalue weighted by Crippen LogP contribution is 2.07. The second kappa shape index (κ2) is 6.80. The van der Waals surface area contributed by atoms with Crippen molar-refractivity contribution in [2.24, 2.45) is 0 Å². The number of amides is 1. The number of hydrogen-bond donors (Lipinski definition) is 2. The molecule has 0 spiro atoms. The fraction of sp³-hybridized carbons (Fsp3) is 0.909. The molecule has 0 fully saturated rings. The van der Waals surface area contributed by atoms with Gasteiger partial charge >= 0.3 is 0 Å². The van der Waals surface area contributed by atoms with E-state index in [2.05, 4.69) is 29.4 Å². The summed E-state index contributed by atoms with van der Waals surface area (Å²) in [4.78, 5) is 13.5. The topological polar surface area (TPSA) is 44.4 Å². The lowest BCUT2D eigenvalue weighted by Crippen LogP contribution is -2.48. The lowest BCUT2D eigenvalue weighted by Gasteiger charge is -2.32. The summed E-state index contributed by atoms with van der Waals surface area (Å²) in [5.41, 5.74) is 0.0126. The largest absolute Gasteiger partial charge is 0.354 e. The van der Waals surface area contributed by atoms with Crippen molar-refractivity contribution in [1.82, 2.24) is 15.5 Å². The minimum atomic E-state index is 0.0126. The number of rotatable bonds is 7. The number of likely N-dealkylation sites (N-methyl/N-ethyl adjacent to an activating group) is 1. The molecule has 0 atom stereocenters. The van der Waals surface area contributed by atoms with Gasteiger partial charge in [0.2, 0.25) is 5.91 Å². The first-order valence-electron chi connectivity index (χ1n) is 5.49. The van der Waals surface area contributed by atoms with Crippen LogP contribution in [0.2, 0.25) is 0 Å². The normalized spacial score (nSPS) is 11.9. The molecule has 15 heavy (non-hydrogen) atoms. The SMILES string of the molecule is CNCCCC(=O)NCC(C)(C)N(C)C.